The number of aromatic nitrogens is 1. The van der Waals surface area contributed by atoms with E-state index in [2.05, 4.69) is 5.32 Å². The molecule has 10 heteroatoms. The van der Waals surface area contributed by atoms with Crippen LogP contribution < -0.4 is 15.6 Å². The van der Waals surface area contributed by atoms with Crippen molar-refractivity contribution in [3.05, 3.63) is 58.5 Å². The average Bonchev–Trinajstić information content (AvgIpc) is 3.22. The molecule has 7 nitrogen and oxygen atoms in total. The number of ether oxygens (including phenoxy) is 1. The minimum absolute atomic E-state index is 0.120. The van der Waals surface area contributed by atoms with Crippen molar-refractivity contribution in [3.8, 4) is 5.75 Å². The summed E-state index contributed by atoms with van der Waals surface area (Å²) in [6.45, 7) is 0.721. The monoisotopic (exact) mass is 423 g/mol. The first-order valence-electron chi connectivity index (χ1n) is 9.30. The number of nitrogens with zero attached hydrogens (tertiary/aromatic N) is 2. The zero-order valence-corrected chi connectivity index (χ0v) is 15.9. The third kappa shape index (κ3) is 5.62. The summed E-state index contributed by atoms with van der Waals surface area (Å²) in [5.74, 6) is -0.441. The Morgan fingerprint density at radius 3 is 2.53 bits per heavy atom. The van der Waals surface area contributed by atoms with E-state index in [0.717, 1.165) is 18.9 Å². The van der Waals surface area contributed by atoms with E-state index >= 15 is 0 Å². The molecule has 0 aliphatic carbocycles. The molecule has 2 heterocycles. The number of benzene rings is 1. The number of anilines is 1. The molecule has 0 unspecified atom stereocenters. The number of pyridine rings is 1. The van der Waals surface area contributed by atoms with Crippen LogP contribution in [0.5, 0.6) is 5.75 Å². The maximum Gasteiger partial charge on any atom is 0.417 e. The summed E-state index contributed by atoms with van der Waals surface area (Å²) in [6.07, 6.45) is -2.07. The minimum Gasteiger partial charge on any atom is -0.484 e. The number of likely N-dealkylation sites (tertiary alicyclic amines) is 1. The molecule has 1 aliphatic heterocycles. The predicted octanol–water partition coefficient (Wildman–Crippen LogP) is 2.51. The quantitative estimate of drug-likeness (QED) is 0.774. The summed E-state index contributed by atoms with van der Waals surface area (Å²) in [6, 6.07) is 7.70. The van der Waals surface area contributed by atoms with Crippen LogP contribution in [0.3, 0.4) is 0 Å². The number of halogens is 3. The lowest BCUT2D eigenvalue weighted by atomic mass is 10.2. The molecule has 3 rings (SSSR count). The molecule has 1 aromatic carbocycles. The van der Waals surface area contributed by atoms with E-state index in [9.17, 15) is 27.6 Å². The lowest BCUT2D eigenvalue weighted by molar-refractivity contribution is -0.138. The third-order valence-electron chi connectivity index (χ3n) is 4.56. The molecule has 2 aromatic rings. The van der Waals surface area contributed by atoms with Crippen LogP contribution >= 0.6 is 0 Å². The largest absolute Gasteiger partial charge is 0.484 e. The third-order valence-corrected chi connectivity index (χ3v) is 4.56. The Morgan fingerprint density at radius 2 is 1.83 bits per heavy atom. The van der Waals surface area contributed by atoms with Crippen LogP contribution in [-0.4, -0.2) is 41.0 Å². The topological polar surface area (TPSA) is 80.6 Å². The zero-order chi connectivity index (χ0) is 21.7. The molecule has 1 fully saturated rings. The lowest BCUT2D eigenvalue weighted by Crippen LogP contribution is -2.32. The van der Waals surface area contributed by atoms with Gasteiger partial charge in [0.25, 0.3) is 11.5 Å². The normalized spacial score (nSPS) is 13.9. The van der Waals surface area contributed by atoms with Crippen LogP contribution in [-0.2, 0) is 22.3 Å². The maximum atomic E-state index is 12.8. The molecule has 1 N–H and O–H groups in total. The number of rotatable bonds is 6. The Bertz CT molecular complexity index is 982. The first kappa shape index (κ1) is 21.4. The number of amides is 2. The lowest BCUT2D eigenvalue weighted by Gasteiger charge is -2.16. The molecule has 0 spiro atoms. The average molecular weight is 423 g/mol. The van der Waals surface area contributed by atoms with Crippen molar-refractivity contribution in [2.24, 2.45) is 0 Å². The van der Waals surface area contributed by atoms with Crippen molar-refractivity contribution in [2.45, 2.75) is 25.6 Å². The molecule has 0 saturated carbocycles. The molecule has 30 heavy (non-hydrogen) atoms. The fourth-order valence-corrected chi connectivity index (χ4v) is 3.04. The SMILES string of the molecule is O=C(Cn1cc(C(F)(F)F)ccc1=O)Nc1cccc(OCC(=O)N2CCCC2)c1. The van der Waals surface area contributed by atoms with E-state index in [0.29, 0.717) is 41.4 Å². The van der Waals surface area contributed by atoms with Gasteiger partial charge < -0.3 is 19.5 Å². The fraction of sp³-hybridized carbons (Fsp3) is 0.350. The Labute approximate surface area is 170 Å². The highest BCUT2D eigenvalue weighted by atomic mass is 19.4. The van der Waals surface area contributed by atoms with E-state index < -0.39 is 29.8 Å². The van der Waals surface area contributed by atoms with Crippen molar-refractivity contribution < 1.29 is 27.5 Å². The van der Waals surface area contributed by atoms with Gasteiger partial charge in [-0.25, -0.2) is 0 Å². The Kier molecular flexibility index (Phi) is 6.43. The van der Waals surface area contributed by atoms with Crippen LogP contribution in [0.25, 0.3) is 0 Å². The van der Waals surface area contributed by atoms with Crippen molar-refractivity contribution in [1.29, 1.82) is 0 Å². The fourth-order valence-electron chi connectivity index (χ4n) is 3.04. The van der Waals surface area contributed by atoms with Crippen LogP contribution in [0.1, 0.15) is 18.4 Å². The van der Waals surface area contributed by atoms with E-state index in [-0.39, 0.29) is 12.5 Å². The Balaban J connectivity index is 1.60. The molecule has 160 valence electrons. The summed E-state index contributed by atoms with van der Waals surface area (Å²) in [7, 11) is 0. The van der Waals surface area contributed by atoms with Gasteiger partial charge >= 0.3 is 6.18 Å². The van der Waals surface area contributed by atoms with E-state index in [1.165, 1.54) is 6.07 Å². The molecular weight excluding hydrogens is 403 g/mol. The minimum atomic E-state index is -4.62. The molecule has 0 radical (unpaired) electrons. The van der Waals surface area contributed by atoms with Crippen molar-refractivity contribution in [2.75, 3.05) is 25.0 Å². The maximum absolute atomic E-state index is 12.8. The zero-order valence-electron chi connectivity index (χ0n) is 15.9. The number of hydrogen-bond donors (Lipinski definition) is 1. The van der Waals surface area contributed by atoms with Crippen LogP contribution in [0.15, 0.2) is 47.4 Å². The van der Waals surface area contributed by atoms with Gasteiger partial charge in [-0.2, -0.15) is 13.2 Å². The second-order valence-corrected chi connectivity index (χ2v) is 6.83. The van der Waals surface area contributed by atoms with E-state index in [4.69, 9.17) is 4.74 Å². The summed E-state index contributed by atoms with van der Waals surface area (Å²) in [5.41, 5.74) is -1.42. The molecule has 1 saturated heterocycles. The Morgan fingerprint density at radius 1 is 1.10 bits per heavy atom. The van der Waals surface area contributed by atoms with E-state index in [1.807, 2.05) is 0 Å². The van der Waals surface area contributed by atoms with Crippen LogP contribution in [0, 0.1) is 0 Å². The van der Waals surface area contributed by atoms with Crippen molar-refractivity contribution in [3.63, 3.8) is 0 Å². The van der Waals surface area contributed by atoms with Crippen LogP contribution in [0.2, 0.25) is 0 Å². The smallest absolute Gasteiger partial charge is 0.417 e. The summed E-state index contributed by atoms with van der Waals surface area (Å²) in [5, 5.41) is 2.50. The number of nitrogens with one attached hydrogen (secondary N) is 1. The molecule has 0 bridgehead atoms. The second-order valence-electron chi connectivity index (χ2n) is 6.83. The number of carbonyl (C=O) groups excluding carboxylic acids is 2. The predicted molar refractivity (Wildman–Crippen MR) is 102 cm³/mol. The Hall–Kier alpha value is -3.30. The molecule has 2 amide bonds. The number of carbonyl (C=O) groups is 2. The van der Waals surface area contributed by atoms with Gasteiger partial charge in [0.15, 0.2) is 6.61 Å². The van der Waals surface area contributed by atoms with Gasteiger partial charge in [-0.15, -0.1) is 0 Å². The van der Waals surface area contributed by atoms with Gasteiger partial charge in [-0.05, 0) is 31.0 Å². The molecule has 0 atom stereocenters. The van der Waals surface area contributed by atoms with Crippen molar-refractivity contribution >= 4 is 17.5 Å². The standard InChI is InChI=1S/C20H20F3N3O4/c21-20(22,23)14-6-7-18(28)26(11-14)12-17(27)24-15-4-3-5-16(10-15)30-13-19(29)25-8-1-2-9-25/h3-7,10-11H,1-2,8-9,12-13H2,(H,24,27). The van der Waals surface area contributed by atoms with Gasteiger partial charge in [0.1, 0.15) is 12.3 Å². The van der Waals surface area contributed by atoms with E-state index in [1.54, 1.807) is 23.1 Å². The van der Waals surface area contributed by atoms with Gasteiger partial charge in [0, 0.05) is 37.1 Å². The highest BCUT2D eigenvalue weighted by Crippen LogP contribution is 2.28. The van der Waals surface area contributed by atoms with Crippen molar-refractivity contribution in [1.82, 2.24) is 9.47 Å². The molecule has 1 aliphatic rings. The molecule has 1 aromatic heterocycles. The summed E-state index contributed by atoms with van der Waals surface area (Å²) >= 11 is 0. The first-order valence-corrected chi connectivity index (χ1v) is 9.30. The number of hydrogen-bond acceptors (Lipinski definition) is 4. The second kappa shape index (κ2) is 9.02. The van der Waals surface area contributed by atoms with Crippen LogP contribution in [0.4, 0.5) is 18.9 Å². The first-order chi connectivity index (χ1) is 14.2. The van der Waals surface area contributed by atoms with Gasteiger partial charge in [0.2, 0.25) is 5.91 Å². The highest BCUT2D eigenvalue weighted by Gasteiger charge is 2.31. The summed E-state index contributed by atoms with van der Waals surface area (Å²) < 4.78 is 44.6. The van der Waals surface area contributed by atoms with Gasteiger partial charge in [-0.3, -0.25) is 14.4 Å². The summed E-state index contributed by atoms with van der Waals surface area (Å²) in [4.78, 5) is 37.7. The molecular formula is C20H20F3N3O4. The van der Waals surface area contributed by atoms with Gasteiger partial charge in [0.05, 0.1) is 5.56 Å². The highest BCUT2D eigenvalue weighted by molar-refractivity contribution is 5.90. The number of alkyl halides is 3. The van der Waals surface area contributed by atoms with Gasteiger partial charge in [-0.1, -0.05) is 6.07 Å².